The highest BCUT2D eigenvalue weighted by molar-refractivity contribution is 6.07. The van der Waals surface area contributed by atoms with E-state index in [0.29, 0.717) is 28.6 Å². The summed E-state index contributed by atoms with van der Waals surface area (Å²) in [4.78, 5) is 16.1. The molecule has 1 amide bonds. The fraction of sp³-hybridized carbons (Fsp3) is 0.222. The molecule has 0 aliphatic carbocycles. The number of amides is 1. The van der Waals surface area contributed by atoms with Crippen molar-refractivity contribution in [3.8, 4) is 17.0 Å². The molecule has 2 aromatic heterocycles. The third kappa shape index (κ3) is 3.13. The van der Waals surface area contributed by atoms with Crippen molar-refractivity contribution in [2.75, 3.05) is 19.4 Å². The Bertz CT molecular complexity index is 977. The molecule has 0 fully saturated rings. The van der Waals surface area contributed by atoms with Crippen LogP contribution in [0.15, 0.2) is 30.5 Å². The van der Waals surface area contributed by atoms with Gasteiger partial charge in [0.2, 0.25) is 5.88 Å². The zero-order valence-electron chi connectivity index (χ0n) is 14.4. The third-order valence-electron chi connectivity index (χ3n) is 3.89. The van der Waals surface area contributed by atoms with Gasteiger partial charge in [0.1, 0.15) is 5.52 Å². The summed E-state index contributed by atoms with van der Waals surface area (Å²) in [7, 11) is 1.35. The zero-order valence-corrected chi connectivity index (χ0v) is 14.4. The maximum absolute atomic E-state index is 14.0. The Morgan fingerprint density at radius 1 is 1.35 bits per heavy atom. The lowest BCUT2D eigenvalue weighted by molar-refractivity contribution is 0.0949. The number of rotatable bonds is 5. The van der Waals surface area contributed by atoms with E-state index in [1.807, 2.05) is 6.92 Å². The minimum atomic E-state index is -0.585. The average Bonchev–Trinajstić information content (AvgIpc) is 2.66. The van der Waals surface area contributed by atoms with Gasteiger partial charge in [0, 0.05) is 29.3 Å². The summed E-state index contributed by atoms with van der Waals surface area (Å²) >= 11 is 0. The SMILES string of the molecule is CCCNC(=O)c1nnc2c(-c3cnc(OC)c(F)c3)cccc2c1N. The van der Waals surface area contributed by atoms with Crippen molar-refractivity contribution in [3.05, 3.63) is 42.0 Å². The van der Waals surface area contributed by atoms with E-state index in [1.165, 1.54) is 19.4 Å². The molecule has 0 saturated carbocycles. The molecule has 2 heterocycles. The Labute approximate surface area is 149 Å². The van der Waals surface area contributed by atoms with E-state index in [0.717, 1.165) is 6.42 Å². The average molecular weight is 355 g/mol. The van der Waals surface area contributed by atoms with E-state index in [2.05, 4.69) is 20.5 Å². The molecule has 0 bridgehead atoms. The molecular weight excluding hydrogens is 337 g/mol. The molecule has 1 aromatic carbocycles. The molecule has 0 unspecified atom stereocenters. The predicted octanol–water partition coefficient (Wildman–Crippen LogP) is 2.56. The van der Waals surface area contributed by atoms with Crippen molar-refractivity contribution < 1.29 is 13.9 Å². The first-order valence-electron chi connectivity index (χ1n) is 8.09. The van der Waals surface area contributed by atoms with Crippen LogP contribution < -0.4 is 15.8 Å². The smallest absolute Gasteiger partial charge is 0.273 e. The number of anilines is 1. The number of nitrogens with one attached hydrogen (secondary N) is 1. The molecule has 3 rings (SSSR count). The Morgan fingerprint density at radius 2 is 2.15 bits per heavy atom. The highest BCUT2D eigenvalue weighted by atomic mass is 19.1. The van der Waals surface area contributed by atoms with Crippen molar-refractivity contribution in [3.63, 3.8) is 0 Å². The first-order chi connectivity index (χ1) is 12.6. The van der Waals surface area contributed by atoms with Gasteiger partial charge in [-0.1, -0.05) is 25.1 Å². The molecule has 26 heavy (non-hydrogen) atoms. The van der Waals surface area contributed by atoms with Gasteiger partial charge in [-0.05, 0) is 12.5 Å². The van der Waals surface area contributed by atoms with Crippen LogP contribution in [0.1, 0.15) is 23.8 Å². The molecule has 0 aliphatic rings. The van der Waals surface area contributed by atoms with Crippen LogP contribution in [0.2, 0.25) is 0 Å². The number of ether oxygens (including phenoxy) is 1. The van der Waals surface area contributed by atoms with Crippen LogP contribution in [0.4, 0.5) is 10.1 Å². The number of hydrogen-bond acceptors (Lipinski definition) is 6. The summed E-state index contributed by atoms with van der Waals surface area (Å²) in [6.45, 7) is 2.47. The largest absolute Gasteiger partial charge is 0.479 e. The molecule has 0 radical (unpaired) electrons. The van der Waals surface area contributed by atoms with Crippen molar-refractivity contribution in [2.45, 2.75) is 13.3 Å². The number of methoxy groups -OCH3 is 1. The van der Waals surface area contributed by atoms with E-state index >= 15 is 0 Å². The second-order valence-electron chi connectivity index (χ2n) is 5.64. The number of halogens is 1. The molecule has 3 N–H and O–H groups in total. The molecule has 0 spiro atoms. The highest BCUT2D eigenvalue weighted by Crippen LogP contribution is 2.31. The topological polar surface area (TPSA) is 103 Å². The number of pyridine rings is 1. The maximum atomic E-state index is 14.0. The quantitative estimate of drug-likeness (QED) is 0.729. The highest BCUT2D eigenvalue weighted by Gasteiger charge is 2.17. The minimum Gasteiger partial charge on any atom is -0.479 e. The van der Waals surface area contributed by atoms with Gasteiger partial charge >= 0.3 is 0 Å². The number of carbonyl (C=O) groups excluding carboxylic acids is 1. The van der Waals surface area contributed by atoms with Crippen LogP contribution >= 0.6 is 0 Å². The Balaban J connectivity index is 2.10. The van der Waals surface area contributed by atoms with Crippen molar-refractivity contribution >= 4 is 22.5 Å². The molecule has 0 atom stereocenters. The summed E-state index contributed by atoms with van der Waals surface area (Å²) < 4.78 is 18.8. The maximum Gasteiger partial charge on any atom is 0.273 e. The number of nitrogen functional groups attached to an aromatic ring is 1. The standard InChI is InChI=1S/C18H18FN5O2/c1-3-7-21-17(25)16-14(20)12-6-4-5-11(15(12)23-24-16)10-8-13(19)18(26-2)22-9-10/h4-6,8-9H,3,7H2,1-2H3,(H2,20,23)(H,21,25). The number of carbonyl (C=O) groups is 1. The van der Waals surface area contributed by atoms with E-state index in [1.54, 1.807) is 18.2 Å². The normalized spacial score (nSPS) is 10.7. The molecule has 0 saturated heterocycles. The molecule has 0 aliphatic heterocycles. The number of benzene rings is 1. The number of nitrogens with zero attached hydrogens (tertiary/aromatic N) is 3. The first kappa shape index (κ1) is 17.5. The predicted molar refractivity (Wildman–Crippen MR) is 96.3 cm³/mol. The van der Waals surface area contributed by atoms with Crippen molar-refractivity contribution in [2.24, 2.45) is 0 Å². The van der Waals surface area contributed by atoms with Crippen LogP contribution in [0, 0.1) is 5.82 Å². The first-order valence-corrected chi connectivity index (χ1v) is 8.09. The van der Waals surface area contributed by atoms with Crippen LogP contribution in [-0.2, 0) is 0 Å². The van der Waals surface area contributed by atoms with Crippen molar-refractivity contribution in [1.29, 1.82) is 0 Å². The van der Waals surface area contributed by atoms with Gasteiger partial charge in [-0.2, -0.15) is 0 Å². The molecule has 8 heteroatoms. The van der Waals surface area contributed by atoms with Crippen LogP contribution in [0.3, 0.4) is 0 Å². The monoisotopic (exact) mass is 355 g/mol. The molecule has 3 aromatic rings. The van der Waals surface area contributed by atoms with E-state index in [-0.39, 0.29) is 23.2 Å². The Morgan fingerprint density at radius 3 is 2.85 bits per heavy atom. The summed E-state index contributed by atoms with van der Waals surface area (Å²) in [5.74, 6) is -1.05. The Hall–Kier alpha value is -3.29. The van der Waals surface area contributed by atoms with E-state index in [9.17, 15) is 9.18 Å². The van der Waals surface area contributed by atoms with Gasteiger partial charge in [-0.15, -0.1) is 10.2 Å². The van der Waals surface area contributed by atoms with E-state index in [4.69, 9.17) is 10.5 Å². The Kier molecular flexibility index (Phi) is 4.92. The summed E-state index contributed by atoms with van der Waals surface area (Å²) in [6, 6.07) is 6.56. The van der Waals surface area contributed by atoms with Gasteiger partial charge in [0.05, 0.1) is 12.8 Å². The van der Waals surface area contributed by atoms with Crippen molar-refractivity contribution in [1.82, 2.24) is 20.5 Å². The van der Waals surface area contributed by atoms with Crippen LogP contribution in [0.25, 0.3) is 22.0 Å². The van der Waals surface area contributed by atoms with Gasteiger partial charge in [0.15, 0.2) is 11.5 Å². The number of aromatic nitrogens is 3. The fourth-order valence-electron chi connectivity index (χ4n) is 2.60. The van der Waals surface area contributed by atoms with E-state index < -0.39 is 5.82 Å². The minimum absolute atomic E-state index is 0.0714. The summed E-state index contributed by atoms with van der Waals surface area (Å²) in [5, 5.41) is 11.4. The van der Waals surface area contributed by atoms with Crippen LogP contribution in [-0.4, -0.2) is 34.7 Å². The number of hydrogen-bond donors (Lipinski definition) is 2. The van der Waals surface area contributed by atoms with Gasteiger partial charge in [-0.25, -0.2) is 9.37 Å². The number of nitrogens with two attached hydrogens (primary N) is 1. The lowest BCUT2D eigenvalue weighted by atomic mass is 10.0. The van der Waals surface area contributed by atoms with Gasteiger partial charge < -0.3 is 15.8 Å². The van der Waals surface area contributed by atoms with Gasteiger partial charge in [0.25, 0.3) is 5.91 Å². The lowest BCUT2D eigenvalue weighted by Gasteiger charge is -2.11. The molecule has 134 valence electrons. The summed E-state index contributed by atoms with van der Waals surface area (Å²) in [6.07, 6.45) is 2.28. The molecular formula is C18H18FN5O2. The van der Waals surface area contributed by atoms with Crippen LogP contribution in [0.5, 0.6) is 5.88 Å². The molecule has 7 nitrogen and oxygen atoms in total. The zero-order chi connectivity index (χ0) is 18.7. The second-order valence-corrected chi connectivity index (χ2v) is 5.64. The fourth-order valence-corrected chi connectivity index (χ4v) is 2.60. The lowest BCUT2D eigenvalue weighted by Crippen LogP contribution is -2.26. The second kappa shape index (κ2) is 7.30. The van der Waals surface area contributed by atoms with Gasteiger partial charge in [-0.3, -0.25) is 4.79 Å². The summed E-state index contributed by atoms with van der Waals surface area (Å²) in [5.41, 5.74) is 8.02. The third-order valence-corrected chi connectivity index (χ3v) is 3.89. The number of fused-ring (bicyclic) bond motifs is 1.